The highest BCUT2D eigenvalue weighted by atomic mass is 32.2. The first-order valence-electron chi connectivity index (χ1n) is 11.7. The molecule has 2 aliphatic rings. The summed E-state index contributed by atoms with van der Waals surface area (Å²) in [6.45, 7) is 4.62. The number of para-hydroxylation sites is 1. The van der Waals surface area contributed by atoms with Crippen LogP contribution in [-0.2, 0) is 14.8 Å². The third-order valence-electron chi connectivity index (χ3n) is 6.32. The molecule has 0 aliphatic carbocycles. The van der Waals surface area contributed by atoms with Gasteiger partial charge in [-0.25, -0.2) is 8.42 Å². The number of benzene rings is 2. The lowest BCUT2D eigenvalue weighted by Gasteiger charge is -2.32. The minimum absolute atomic E-state index is 0.0623. The Balaban J connectivity index is 1.25. The first-order valence-corrected chi connectivity index (χ1v) is 13.1. The van der Waals surface area contributed by atoms with Crippen molar-refractivity contribution in [3.05, 3.63) is 48.0 Å². The van der Waals surface area contributed by atoms with Gasteiger partial charge in [0.05, 0.1) is 11.5 Å². The number of carbonyl (C=O) groups is 1. The van der Waals surface area contributed by atoms with E-state index in [2.05, 4.69) is 0 Å². The minimum atomic E-state index is -3.66. The lowest BCUT2D eigenvalue weighted by molar-refractivity contribution is -0.135. The van der Waals surface area contributed by atoms with E-state index in [-0.39, 0.29) is 16.7 Å². The largest absolute Gasteiger partial charge is 0.493 e. The zero-order chi connectivity index (χ0) is 24.1. The van der Waals surface area contributed by atoms with Gasteiger partial charge in [0.2, 0.25) is 15.9 Å². The average molecular weight is 489 g/mol. The molecule has 0 bridgehead atoms. The van der Waals surface area contributed by atoms with Gasteiger partial charge in [0, 0.05) is 38.7 Å². The van der Waals surface area contributed by atoms with Gasteiger partial charge in [-0.2, -0.15) is 4.31 Å². The Hall–Kier alpha value is -2.78. The fraction of sp³-hybridized carbons (Fsp3) is 0.480. The van der Waals surface area contributed by atoms with Gasteiger partial charge in [-0.1, -0.05) is 18.2 Å². The second-order valence-corrected chi connectivity index (χ2v) is 10.6. The summed E-state index contributed by atoms with van der Waals surface area (Å²) in [5.41, 5.74) is 1.09. The molecule has 2 aromatic rings. The molecule has 0 N–H and O–H groups in total. The zero-order valence-electron chi connectivity index (χ0n) is 19.7. The van der Waals surface area contributed by atoms with Crippen molar-refractivity contribution >= 4 is 15.9 Å². The normalized spacial score (nSPS) is 16.8. The Kier molecular flexibility index (Phi) is 7.63. The number of carbonyl (C=O) groups excluding carboxylic acids is 1. The molecule has 1 fully saturated rings. The molecule has 0 saturated carbocycles. The standard InChI is InChI=1S/C25H32N2O6S/c1-19-6-3-4-7-22(19)31-15-5-12-26(2)25(28)20-10-13-27(14-11-20)34(29,30)21-8-9-23-24(18-21)33-17-16-32-23/h3-4,6-9,18,20H,5,10-17H2,1-2H3. The molecule has 0 aromatic heterocycles. The number of rotatable bonds is 8. The third kappa shape index (κ3) is 5.47. The van der Waals surface area contributed by atoms with Crippen LogP contribution >= 0.6 is 0 Å². The Morgan fingerprint density at radius 1 is 1.09 bits per heavy atom. The number of nitrogens with zero attached hydrogens (tertiary/aromatic N) is 2. The lowest BCUT2D eigenvalue weighted by Crippen LogP contribution is -2.43. The van der Waals surface area contributed by atoms with Crippen molar-refractivity contribution in [3.8, 4) is 17.2 Å². The lowest BCUT2D eigenvalue weighted by atomic mass is 9.96. The average Bonchev–Trinajstić information content (AvgIpc) is 2.86. The fourth-order valence-corrected chi connectivity index (χ4v) is 5.79. The number of piperidine rings is 1. The van der Waals surface area contributed by atoms with Gasteiger partial charge in [-0.05, 0) is 49.9 Å². The molecular formula is C25H32N2O6S. The molecule has 0 spiro atoms. The molecule has 0 unspecified atom stereocenters. The number of aryl methyl sites for hydroxylation is 1. The third-order valence-corrected chi connectivity index (χ3v) is 8.21. The summed E-state index contributed by atoms with van der Waals surface area (Å²) >= 11 is 0. The highest BCUT2D eigenvalue weighted by Gasteiger charge is 2.33. The van der Waals surface area contributed by atoms with E-state index in [0.29, 0.717) is 63.8 Å². The van der Waals surface area contributed by atoms with Crippen molar-refractivity contribution in [2.24, 2.45) is 5.92 Å². The van der Waals surface area contributed by atoms with Crippen LogP contribution in [0.25, 0.3) is 0 Å². The first-order chi connectivity index (χ1) is 16.4. The van der Waals surface area contributed by atoms with Crippen molar-refractivity contribution in [3.63, 3.8) is 0 Å². The molecule has 0 atom stereocenters. The van der Waals surface area contributed by atoms with E-state index in [1.54, 1.807) is 24.1 Å². The van der Waals surface area contributed by atoms with Crippen molar-refractivity contribution in [2.45, 2.75) is 31.1 Å². The Morgan fingerprint density at radius 3 is 2.53 bits per heavy atom. The summed E-state index contributed by atoms with van der Waals surface area (Å²) in [5, 5.41) is 0. The van der Waals surface area contributed by atoms with Crippen LogP contribution in [0.15, 0.2) is 47.4 Å². The van der Waals surface area contributed by atoms with Gasteiger partial charge in [0.25, 0.3) is 0 Å². The van der Waals surface area contributed by atoms with Gasteiger partial charge in [-0.3, -0.25) is 4.79 Å². The molecule has 2 aliphatic heterocycles. The maximum Gasteiger partial charge on any atom is 0.243 e. The van der Waals surface area contributed by atoms with Crippen LogP contribution in [0.2, 0.25) is 0 Å². The first kappa shape index (κ1) is 24.3. The SMILES string of the molecule is Cc1ccccc1OCCCN(C)C(=O)C1CCN(S(=O)(=O)c2ccc3c(c2)OCCO3)CC1. The van der Waals surface area contributed by atoms with Crippen LogP contribution in [0.3, 0.4) is 0 Å². The Bertz CT molecular complexity index is 1110. The summed E-state index contributed by atoms with van der Waals surface area (Å²) in [4.78, 5) is 14.8. The van der Waals surface area contributed by atoms with Crippen LogP contribution < -0.4 is 14.2 Å². The molecule has 4 rings (SSSR count). The minimum Gasteiger partial charge on any atom is -0.493 e. The van der Waals surface area contributed by atoms with Crippen molar-refractivity contribution in [1.82, 2.24) is 9.21 Å². The highest BCUT2D eigenvalue weighted by molar-refractivity contribution is 7.89. The van der Waals surface area contributed by atoms with Gasteiger partial charge < -0.3 is 19.1 Å². The summed E-state index contributed by atoms with van der Waals surface area (Å²) in [5.74, 6) is 1.76. The van der Waals surface area contributed by atoms with Gasteiger partial charge in [0.1, 0.15) is 19.0 Å². The van der Waals surface area contributed by atoms with Crippen LogP contribution in [0.5, 0.6) is 17.2 Å². The van der Waals surface area contributed by atoms with Crippen molar-refractivity contribution in [2.75, 3.05) is 46.5 Å². The monoisotopic (exact) mass is 488 g/mol. The van der Waals surface area contributed by atoms with Crippen LogP contribution in [0.1, 0.15) is 24.8 Å². The van der Waals surface area contributed by atoms with E-state index >= 15 is 0 Å². The van der Waals surface area contributed by atoms with Crippen molar-refractivity contribution < 1.29 is 27.4 Å². The summed E-state index contributed by atoms with van der Waals surface area (Å²) in [7, 11) is -1.86. The van der Waals surface area contributed by atoms with Crippen LogP contribution in [0, 0.1) is 12.8 Å². The molecule has 2 heterocycles. The van der Waals surface area contributed by atoms with Gasteiger partial charge >= 0.3 is 0 Å². The molecule has 1 amide bonds. The molecule has 34 heavy (non-hydrogen) atoms. The van der Waals surface area contributed by atoms with Crippen LogP contribution in [-0.4, -0.2) is 70.0 Å². The summed E-state index contributed by atoms with van der Waals surface area (Å²) < 4.78 is 44.5. The van der Waals surface area contributed by atoms with Gasteiger partial charge in [-0.15, -0.1) is 0 Å². The summed E-state index contributed by atoms with van der Waals surface area (Å²) in [6, 6.07) is 12.6. The van der Waals surface area contributed by atoms with Crippen LogP contribution in [0.4, 0.5) is 0 Å². The molecule has 9 heteroatoms. The van der Waals surface area contributed by atoms with E-state index in [1.807, 2.05) is 31.2 Å². The summed E-state index contributed by atoms with van der Waals surface area (Å²) in [6.07, 6.45) is 1.74. The van der Waals surface area contributed by atoms with Crippen molar-refractivity contribution in [1.29, 1.82) is 0 Å². The zero-order valence-corrected chi connectivity index (χ0v) is 20.6. The smallest absolute Gasteiger partial charge is 0.243 e. The number of hydrogen-bond donors (Lipinski definition) is 0. The maximum atomic E-state index is 13.1. The quantitative estimate of drug-likeness (QED) is 0.531. The number of sulfonamides is 1. The van der Waals surface area contributed by atoms with Gasteiger partial charge in [0.15, 0.2) is 11.5 Å². The Labute approximate surface area is 201 Å². The Morgan fingerprint density at radius 2 is 1.79 bits per heavy atom. The topological polar surface area (TPSA) is 85.4 Å². The van der Waals surface area contributed by atoms with E-state index < -0.39 is 10.0 Å². The number of fused-ring (bicyclic) bond motifs is 1. The highest BCUT2D eigenvalue weighted by Crippen LogP contribution is 2.34. The van der Waals surface area contributed by atoms with E-state index in [1.165, 1.54) is 10.4 Å². The number of ether oxygens (including phenoxy) is 3. The molecule has 8 nitrogen and oxygen atoms in total. The molecule has 0 radical (unpaired) electrons. The second kappa shape index (κ2) is 10.7. The molecule has 184 valence electrons. The van der Waals surface area contributed by atoms with E-state index in [9.17, 15) is 13.2 Å². The molecular weight excluding hydrogens is 456 g/mol. The molecule has 2 aromatic carbocycles. The maximum absolute atomic E-state index is 13.1. The van der Waals surface area contributed by atoms with E-state index in [0.717, 1.165) is 17.7 Å². The molecule has 1 saturated heterocycles. The van der Waals surface area contributed by atoms with E-state index in [4.69, 9.17) is 14.2 Å². The number of amides is 1. The number of hydrogen-bond acceptors (Lipinski definition) is 6. The predicted molar refractivity (Wildman–Crippen MR) is 128 cm³/mol. The fourth-order valence-electron chi connectivity index (χ4n) is 4.30. The predicted octanol–water partition coefficient (Wildman–Crippen LogP) is 3.09. The second-order valence-electron chi connectivity index (χ2n) is 8.71.